The van der Waals surface area contributed by atoms with Crippen LogP contribution >= 0.6 is 0 Å². The number of rotatable bonds is 5. The molecule has 0 aliphatic rings. The molecule has 2 heterocycles. The molecule has 0 aliphatic heterocycles. The van der Waals surface area contributed by atoms with Crippen molar-refractivity contribution in [3.63, 3.8) is 0 Å². The molecular weight excluding hydrogens is 314 g/mol. The Bertz CT molecular complexity index is 885. The number of para-hydroxylation sites is 2. The van der Waals surface area contributed by atoms with Gasteiger partial charge in [-0.25, -0.2) is 0 Å². The van der Waals surface area contributed by atoms with Crippen molar-refractivity contribution in [2.24, 2.45) is 0 Å². The third-order valence-corrected chi connectivity index (χ3v) is 4.22. The first-order valence-electron chi connectivity index (χ1n) is 8.11. The zero-order valence-corrected chi connectivity index (χ0v) is 14.6. The highest BCUT2D eigenvalue weighted by Gasteiger charge is 2.17. The Morgan fingerprint density at radius 1 is 1.16 bits per heavy atom. The van der Waals surface area contributed by atoms with Gasteiger partial charge in [-0.2, -0.15) is 0 Å². The van der Waals surface area contributed by atoms with E-state index in [0.29, 0.717) is 23.5 Å². The number of amides is 1. The smallest absolute Gasteiger partial charge is 0.257 e. The fraction of sp³-hybridized carbons (Fsp3) is 0.200. The Morgan fingerprint density at radius 2 is 1.92 bits per heavy atom. The molecule has 0 fully saturated rings. The number of nitrogens with zero attached hydrogens (tertiary/aromatic N) is 2. The highest BCUT2D eigenvalue weighted by Crippen LogP contribution is 2.25. The Morgan fingerprint density at radius 3 is 2.64 bits per heavy atom. The van der Waals surface area contributed by atoms with Gasteiger partial charge in [0, 0.05) is 17.6 Å². The van der Waals surface area contributed by atoms with E-state index in [1.165, 1.54) is 0 Å². The fourth-order valence-electron chi connectivity index (χ4n) is 2.87. The van der Waals surface area contributed by atoms with Gasteiger partial charge in [0.05, 0.1) is 30.6 Å². The monoisotopic (exact) mass is 335 g/mol. The number of carbonyl (C=O) groups excluding carboxylic acids is 1. The SMILES string of the molecule is COc1ccccc1NC(=O)c1cc(C)n(Cc2ccccn2)c1C. The lowest BCUT2D eigenvalue weighted by molar-refractivity contribution is 0.102. The summed E-state index contributed by atoms with van der Waals surface area (Å²) >= 11 is 0. The van der Waals surface area contributed by atoms with Gasteiger partial charge in [0.2, 0.25) is 0 Å². The minimum Gasteiger partial charge on any atom is -0.495 e. The van der Waals surface area contributed by atoms with E-state index in [0.717, 1.165) is 17.1 Å². The predicted molar refractivity (Wildman–Crippen MR) is 98.2 cm³/mol. The third kappa shape index (κ3) is 3.55. The number of aryl methyl sites for hydroxylation is 1. The summed E-state index contributed by atoms with van der Waals surface area (Å²) in [6.45, 7) is 4.59. The van der Waals surface area contributed by atoms with Crippen molar-refractivity contribution in [1.29, 1.82) is 0 Å². The van der Waals surface area contributed by atoms with E-state index in [2.05, 4.69) is 14.9 Å². The van der Waals surface area contributed by atoms with Gasteiger partial charge in [-0.1, -0.05) is 18.2 Å². The third-order valence-electron chi connectivity index (χ3n) is 4.22. The number of aromatic nitrogens is 2. The minimum absolute atomic E-state index is 0.148. The van der Waals surface area contributed by atoms with Gasteiger partial charge >= 0.3 is 0 Å². The molecule has 3 rings (SSSR count). The molecule has 3 aromatic rings. The van der Waals surface area contributed by atoms with Crippen molar-refractivity contribution in [3.05, 3.63) is 77.4 Å². The highest BCUT2D eigenvalue weighted by molar-refractivity contribution is 6.06. The van der Waals surface area contributed by atoms with Crippen LogP contribution in [0.15, 0.2) is 54.7 Å². The van der Waals surface area contributed by atoms with Crippen molar-refractivity contribution in [2.75, 3.05) is 12.4 Å². The second-order valence-electron chi connectivity index (χ2n) is 5.85. The van der Waals surface area contributed by atoms with E-state index in [-0.39, 0.29) is 5.91 Å². The van der Waals surface area contributed by atoms with E-state index in [4.69, 9.17) is 4.74 Å². The second-order valence-corrected chi connectivity index (χ2v) is 5.85. The molecule has 0 bridgehead atoms. The lowest BCUT2D eigenvalue weighted by atomic mass is 10.2. The van der Waals surface area contributed by atoms with Crippen LogP contribution in [0, 0.1) is 13.8 Å². The molecule has 0 aliphatic carbocycles. The van der Waals surface area contributed by atoms with E-state index in [1.54, 1.807) is 13.3 Å². The number of anilines is 1. The summed E-state index contributed by atoms with van der Waals surface area (Å²) in [5.41, 5.74) is 4.20. The molecule has 2 aromatic heterocycles. The number of nitrogens with one attached hydrogen (secondary N) is 1. The second kappa shape index (κ2) is 7.21. The highest BCUT2D eigenvalue weighted by atomic mass is 16.5. The molecule has 128 valence electrons. The molecule has 0 saturated heterocycles. The van der Waals surface area contributed by atoms with Gasteiger partial charge in [0.15, 0.2) is 0 Å². The van der Waals surface area contributed by atoms with Crippen LogP contribution in [-0.2, 0) is 6.54 Å². The molecule has 1 N–H and O–H groups in total. The maximum atomic E-state index is 12.7. The number of benzene rings is 1. The summed E-state index contributed by atoms with van der Waals surface area (Å²) in [6, 6.07) is 15.1. The van der Waals surface area contributed by atoms with Crippen molar-refractivity contribution in [1.82, 2.24) is 9.55 Å². The molecule has 1 amide bonds. The van der Waals surface area contributed by atoms with Gasteiger partial charge in [0.1, 0.15) is 5.75 Å². The quantitative estimate of drug-likeness (QED) is 0.771. The van der Waals surface area contributed by atoms with Gasteiger partial charge in [-0.3, -0.25) is 9.78 Å². The van der Waals surface area contributed by atoms with Crippen LogP contribution in [0.1, 0.15) is 27.4 Å². The van der Waals surface area contributed by atoms with E-state index < -0.39 is 0 Å². The average molecular weight is 335 g/mol. The van der Waals surface area contributed by atoms with Crippen LogP contribution in [0.3, 0.4) is 0 Å². The van der Waals surface area contributed by atoms with Crippen molar-refractivity contribution in [3.8, 4) is 5.75 Å². The molecule has 5 heteroatoms. The van der Waals surface area contributed by atoms with Crippen molar-refractivity contribution in [2.45, 2.75) is 20.4 Å². The first-order valence-corrected chi connectivity index (χ1v) is 8.11. The molecule has 0 saturated carbocycles. The summed E-state index contributed by atoms with van der Waals surface area (Å²) < 4.78 is 7.39. The molecule has 1 aromatic carbocycles. The first kappa shape index (κ1) is 16.8. The molecule has 0 spiro atoms. The van der Waals surface area contributed by atoms with Gasteiger partial charge < -0.3 is 14.6 Å². The van der Waals surface area contributed by atoms with Crippen LogP contribution < -0.4 is 10.1 Å². The molecular formula is C20H21N3O2. The number of methoxy groups -OCH3 is 1. The largest absolute Gasteiger partial charge is 0.495 e. The van der Waals surface area contributed by atoms with Gasteiger partial charge in [-0.05, 0) is 44.2 Å². The van der Waals surface area contributed by atoms with E-state index >= 15 is 0 Å². The summed E-state index contributed by atoms with van der Waals surface area (Å²) in [6.07, 6.45) is 1.78. The maximum absolute atomic E-state index is 12.7. The lowest BCUT2D eigenvalue weighted by Crippen LogP contribution is -2.14. The van der Waals surface area contributed by atoms with Gasteiger partial charge in [-0.15, -0.1) is 0 Å². The number of pyridine rings is 1. The molecule has 5 nitrogen and oxygen atoms in total. The van der Waals surface area contributed by atoms with Crippen LogP contribution in [0.2, 0.25) is 0 Å². The standard InChI is InChI=1S/C20H21N3O2/c1-14-12-17(15(2)23(14)13-16-8-6-7-11-21-16)20(24)22-18-9-4-5-10-19(18)25-3/h4-12H,13H2,1-3H3,(H,22,24). The molecule has 0 atom stereocenters. The topological polar surface area (TPSA) is 56.1 Å². The van der Waals surface area contributed by atoms with Crippen LogP contribution in [0.4, 0.5) is 5.69 Å². The fourth-order valence-corrected chi connectivity index (χ4v) is 2.87. The summed E-state index contributed by atoms with van der Waals surface area (Å²) in [5, 5.41) is 2.93. The number of ether oxygens (including phenoxy) is 1. The zero-order valence-electron chi connectivity index (χ0n) is 14.6. The molecule has 0 radical (unpaired) electrons. The van der Waals surface area contributed by atoms with Crippen LogP contribution in [0.5, 0.6) is 5.75 Å². The Hall–Kier alpha value is -3.08. The van der Waals surface area contributed by atoms with Crippen LogP contribution in [0.25, 0.3) is 0 Å². The number of carbonyl (C=O) groups is 1. The van der Waals surface area contributed by atoms with Crippen LogP contribution in [-0.4, -0.2) is 22.6 Å². The van der Waals surface area contributed by atoms with Gasteiger partial charge in [0.25, 0.3) is 5.91 Å². The Balaban J connectivity index is 1.85. The first-order chi connectivity index (χ1) is 12.1. The summed E-state index contributed by atoms with van der Waals surface area (Å²) in [4.78, 5) is 17.1. The number of hydrogen-bond acceptors (Lipinski definition) is 3. The molecule has 25 heavy (non-hydrogen) atoms. The average Bonchev–Trinajstić information content (AvgIpc) is 2.91. The van der Waals surface area contributed by atoms with E-state index in [9.17, 15) is 4.79 Å². The predicted octanol–water partition coefficient (Wildman–Crippen LogP) is 3.81. The normalized spacial score (nSPS) is 10.5. The zero-order chi connectivity index (χ0) is 17.8. The summed E-state index contributed by atoms with van der Waals surface area (Å²) in [5.74, 6) is 0.489. The Labute approximate surface area is 147 Å². The Kier molecular flexibility index (Phi) is 4.84. The van der Waals surface area contributed by atoms with Crippen molar-refractivity contribution >= 4 is 11.6 Å². The minimum atomic E-state index is -0.148. The maximum Gasteiger partial charge on any atom is 0.257 e. The summed E-state index contributed by atoms with van der Waals surface area (Å²) in [7, 11) is 1.59. The van der Waals surface area contributed by atoms with E-state index in [1.807, 2.05) is 62.4 Å². The number of hydrogen-bond donors (Lipinski definition) is 1. The lowest BCUT2D eigenvalue weighted by Gasteiger charge is -2.11. The van der Waals surface area contributed by atoms with Crippen molar-refractivity contribution < 1.29 is 9.53 Å². The molecule has 0 unspecified atom stereocenters.